The second-order valence-electron chi connectivity index (χ2n) is 4.56. The zero-order chi connectivity index (χ0) is 13.1. The summed E-state index contributed by atoms with van der Waals surface area (Å²) in [6.07, 6.45) is 0.142. The highest BCUT2D eigenvalue weighted by Crippen LogP contribution is 2.37. The number of hydrogen-bond donors (Lipinski definition) is 1. The van der Waals surface area contributed by atoms with Gasteiger partial charge in [0, 0.05) is 9.64 Å². The number of carboxylic acid groups (broad SMARTS) is 1. The van der Waals surface area contributed by atoms with Gasteiger partial charge in [0.05, 0.1) is 13.5 Å². The maximum Gasteiger partial charge on any atom is 0.304 e. The molecule has 0 saturated carbocycles. The normalized spacial score (nSPS) is 11.3. The van der Waals surface area contributed by atoms with Gasteiger partial charge in [-0.2, -0.15) is 0 Å². The molecule has 0 spiro atoms. The SMILES string of the molecule is COc1ccc(SC(C)(C)CC(=O)O)c(C)c1. The van der Waals surface area contributed by atoms with Crippen molar-refractivity contribution in [2.75, 3.05) is 7.11 Å². The monoisotopic (exact) mass is 254 g/mol. The molecule has 0 fully saturated rings. The van der Waals surface area contributed by atoms with E-state index in [2.05, 4.69) is 0 Å². The van der Waals surface area contributed by atoms with Crippen LogP contribution in [0.15, 0.2) is 23.1 Å². The lowest BCUT2D eigenvalue weighted by Crippen LogP contribution is -2.19. The Kier molecular flexibility index (Phi) is 4.46. The minimum absolute atomic E-state index is 0.142. The van der Waals surface area contributed by atoms with Crippen LogP contribution in [-0.4, -0.2) is 22.9 Å². The van der Waals surface area contributed by atoms with Gasteiger partial charge >= 0.3 is 5.97 Å². The number of hydrogen-bond acceptors (Lipinski definition) is 3. The molecule has 1 aromatic carbocycles. The molecule has 0 amide bonds. The van der Waals surface area contributed by atoms with E-state index in [-0.39, 0.29) is 11.2 Å². The van der Waals surface area contributed by atoms with Crippen LogP contribution in [-0.2, 0) is 4.79 Å². The third kappa shape index (κ3) is 4.30. The summed E-state index contributed by atoms with van der Waals surface area (Å²) in [6.45, 7) is 5.88. The van der Waals surface area contributed by atoms with Crippen molar-refractivity contribution in [2.45, 2.75) is 36.8 Å². The van der Waals surface area contributed by atoms with Gasteiger partial charge in [0.25, 0.3) is 0 Å². The fourth-order valence-corrected chi connectivity index (χ4v) is 2.71. The van der Waals surface area contributed by atoms with Gasteiger partial charge in [0.1, 0.15) is 5.75 Å². The van der Waals surface area contributed by atoms with Crippen LogP contribution in [0.25, 0.3) is 0 Å². The Bertz CT molecular complexity index is 413. The topological polar surface area (TPSA) is 46.5 Å². The van der Waals surface area contributed by atoms with Crippen molar-refractivity contribution in [1.29, 1.82) is 0 Å². The lowest BCUT2D eigenvalue weighted by atomic mass is 10.1. The quantitative estimate of drug-likeness (QED) is 0.818. The summed E-state index contributed by atoms with van der Waals surface area (Å²) in [6, 6.07) is 5.83. The average Bonchev–Trinajstić information content (AvgIpc) is 2.18. The first kappa shape index (κ1) is 13.9. The number of carbonyl (C=O) groups is 1. The van der Waals surface area contributed by atoms with E-state index >= 15 is 0 Å². The fourth-order valence-electron chi connectivity index (χ4n) is 1.56. The Morgan fingerprint density at radius 3 is 2.59 bits per heavy atom. The van der Waals surface area contributed by atoms with E-state index in [0.29, 0.717) is 0 Å². The highest BCUT2D eigenvalue weighted by atomic mass is 32.2. The predicted octanol–water partition coefficient (Wildman–Crippen LogP) is 3.35. The van der Waals surface area contributed by atoms with E-state index in [1.807, 2.05) is 39.0 Å². The summed E-state index contributed by atoms with van der Waals surface area (Å²) in [5.41, 5.74) is 1.10. The second-order valence-corrected chi connectivity index (χ2v) is 6.31. The van der Waals surface area contributed by atoms with Crippen LogP contribution in [0.2, 0.25) is 0 Å². The van der Waals surface area contributed by atoms with E-state index in [0.717, 1.165) is 16.2 Å². The minimum atomic E-state index is -0.770. The molecule has 0 saturated heterocycles. The van der Waals surface area contributed by atoms with Gasteiger partial charge in [0.2, 0.25) is 0 Å². The van der Waals surface area contributed by atoms with Crippen molar-refractivity contribution < 1.29 is 14.6 Å². The summed E-state index contributed by atoms with van der Waals surface area (Å²) in [7, 11) is 1.63. The third-order valence-corrected chi connectivity index (χ3v) is 3.72. The molecule has 0 unspecified atom stereocenters. The molecule has 17 heavy (non-hydrogen) atoms. The number of aryl methyl sites for hydroxylation is 1. The van der Waals surface area contributed by atoms with Gasteiger partial charge in [-0.1, -0.05) is 0 Å². The van der Waals surface area contributed by atoms with Gasteiger partial charge in [-0.25, -0.2) is 0 Å². The van der Waals surface area contributed by atoms with Crippen LogP contribution >= 0.6 is 11.8 Å². The average molecular weight is 254 g/mol. The standard InChI is InChI=1S/C13H18O3S/c1-9-7-10(16-4)5-6-11(9)17-13(2,3)8-12(14)15/h5-7H,8H2,1-4H3,(H,14,15). The number of carboxylic acids is 1. The van der Waals surface area contributed by atoms with Crippen LogP contribution < -0.4 is 4.74 Å². The zero-order valence-electron chi connectivity index (χ0n) is 10.6. The Labute approximate surface area is 106 Å². The maximum absolute atomic E-state index is 10.8. The number of ether oxygens (including phenoxy) is 1. The first-order valence-corrected chi connectivity index (χ1v) is 6.21. The number of aliphatic carboxylic acids is 1. The van der Waals surface area contributed by atoms with Gasteiger partial charge < -0.3 is 9.84 Å². The molecule has 1 aromatic rings. The number of rotatable bonds is 5. The Morgan fingerprint density at radius 1 is 1.47 bits per heavy atom. The van der Waals surface area contributed by atoms with Gasteiger partial charge in [0.15, 0.2) is 0 Å². The van der Waals surface area contributed by atoms with Gasteiger partial charge in [-0.05, 0) is 44.5 Å². The van der Waals surface area contributed by atoms with Gasteiger partial charge in [-0.15, -0.1) is 11.8 Å². The first-order chi connectivity index (χ1) is 7.84. The van der Waals surface area contributed by atoms with Crippen molar-refractivity contribution >= 4 is 17.7 Å². The molecule has 1 rings (SSSR count). The second kappa shape index (κ2) is 5.45. The number of methoxy groups -OCH3 is 1. The Morgan fingerprint density at radius 2 is 2.12 bits per heavy atom. The van der Waals surface area contributed by atoms with Gasteiger partial charge in [-0.3, -0.25) is 4.79 Å². The highest BCUT2D eigenvalue weighted by molar-refractivity contribution is 8.00. The summed E-state index contributed by atoms with van der Waals surface area (Å²) >= 11 is 1.58. The molecule has 0 aromatic heterocycles. The summed E-state index contributed by atoms with van der Waals surface area (Å²) in [5.74, 6) is 0.0524. The highest BCUT2D eigenvalue weighted by Gasteiger charge is 2.23. The van der Waals surface area contributed by atoms with E-state index in [1.165, 1.54) is 0 Å². The number of thioether (sulfide) groups is 1. The smallest absolute Gasteiger partial charge is 0.304 e. The van der Waals surface area contributed by atoms with Crippen LogP contribution in [0.3, 0.4) is 0 Å². The molecular formula is C13H18O3S. The molecule has 0 heterocycles. The largest absolute Gasteiger partial charge is 0.497 e. The molecule has 0 radical (unpaired) electrons. The van der Waals surface area contributed by atoms with Crippen LogP contribution in [0, 0.1) is 6.92 Å². The molecular weight excluding hydrogens is 236 g/mol. The molecule has 94 valence electrons. The fraction of sp³-hybridized carbons (Fsp3) is 0.462. The zero-order valence-corrected chi connectivity index (χ0v) is 11.4. The Hall–Kier alpha value is -1.16. The first-order valence-electron chi connectivity index (χ1n) is 5.39. The van der Waals surface area contributed by atoms with E-state index < -0.39 is 5.97 Å². The molecule has 0 aliphatic rings. The van der Waals surface area contributed by atoms with Crippen LogP contribution in [0.4, 0.5) is 0 Å². The minimum Gasteiger partial charge on any atom is -0.497 e. The molecule has 0 atom stereocenters. The van der Waals surface area contributed by atoms with Crippen molar-refractivity contribution in [3.05, 3.63) is 23.8 Å². The predicted molar refractivity (Wildman–Crippen MR) is 69.9 cm³/mol. The maximum atomic E-state index is 10.8. The third-order valence-electron chi connectivity index (χ3n) is 2.35. The van der Waals surface area contributed by atoms with Crippen molar-refractivity contribution in [1.82, 2.24) is 0 Å². The summed E-state index contributed by atoms with van der Waals surface area (Å²) < 4.78 is 4.83. The van der Waals surface area contributed by atoms with Crippen LogP contribution in [0.5, 0.6) is 5.75 Å². The van der Waals surface area contributed by atoms with Crippen molar-refractivity contribution in [3.8, 4) is 5.75 Å². The van der Waals surface area contributed by atoms with Crippen molar-refractivity contribution in [2.24, 2.45) is 0 Å². The van der Waals surface area contributed by atoms with Crippen molar-refractivity contribution in [3.63, 3.8) is 0 Å². The molecule has 0 bridgehead atoms. The number of benzene rings is 1. The van der Waals surface area contributed by atoms with E-state index in [4.69, 9.17) is 9.84 Å². The van der Waals surface area contributed by atoms with E-state index in [9.17, 15) is 4.79 Å². The van der Waals surface area contributed by atoms with Crippen LogP contribution in [0.1, 0.15) is 25.8 Å². The van der Waals surface area contributed by atoms with E-state index in [1.54, 1.807) is 18.9 Å². The molecule has 0 aliphatic heterocycles. The lowest BCUT2D eigenvalue weighted by molar-refractivity contribution is -0.137. The lowest BCUT2D eigenvalue weighted by Gasteiger charge is -2.22. The summed E-state index contributed by atoms with van der Waals surface area (Å²) in [5, 5.41) is 8.85. The molecule has 0 aliphatic carbocycles. The Balaban J connectivity index is 2.84. The molecule has 1 N–H and O–H groups in total. The summed E-state index contributed by atoms with van der Waals surface area (Å²) in [4.78, 5) is 11.9. The molecule has 4 heteroatoms. The molecule has 3 nitrogen and oxygen atoms in total.